The molecule has 1 aromatic heterocycles. The van der Waals surface area contributed by atoms with Crippen LogP contribution in [-0.2, 0) is 16.1 Å². The molecule has 0 radical (unpaired) electrons. The van der Waals surface area contributed by atoms with E-state index in [0.717, 1.165) is 12.1 Å². The fourth-order valence-electron chi connectivity index (χ4n) is 4.93. The number of carbonyl (C=O) groups excluding carboxylic acids is 2. The van der Waals surface area contributed by atoms with Crippen molar-refractivity contribution < 1.29 is 24.2 Å². The van der Waals surface area contributed by atoms with E-state index in [9.17, 15) is 14.7 Å². The van der Waals surface area contributed by atoms with Crippen LogP contribution in [-0.4, -0.2) is 83.8 Å². The van der Waals surface area contributed by atoms with Crippen molar-refractivity contribution in [1.29, 1.82) is 0 Å². The maximum absolute atomic E-state index is 13.6. The summed E-state index contributed by atoms with van der Waals surface area (Å²) in [6, 6.07) is 8.90. The van der Waals surface area contributed by atoms with Crippen LogP contribution < -0.4 is 10.1 Å². The van der Waals surface area contributed by atoms with Crippen molar-refractivity contribution in [2.45, 2.75) is 45.4 Å². The van der Waals surface area contributed by atoms with Gasteiger partial charge in [-0.2, -0.15) is 0 Å². The minimum atomic E-state index is -0.350. The number of hydrogen-bond donors (Lipinski definition) is 2. The predicted octanol–water partition coefficient (Wildman–Crippen LogP) is 2.80. The highest BCUT2D eigenvalue weighted by Gasteiger charge is 2.35. The standard InChI is InChI=1S/C28H38N4O5/c1-19-15-32(20(2)18-33)28(35)23-5-4-6-24(30-27(34)22-9-13-36-14-10-22)26(23)37-25(19)17-31(3)16-21-7-11-29-12-8-21/h4-8,11-12,19-20,22,25,33H,9-10,13-18H2,1-3H3,(H,30,34)/t19-,20-,25-/m1/s1. The molecule has 0 spiro atoms. The van der Waals surface area contributed by atoms with Crippen molar-refractivity contribution in [3.63, 3.8) is 0 Å². The molecule has 1 aromatic carbocycles. The van der Waals surface area contributed by atoms with E-state index in [1.54, 1.807) is 35.5 Å². The number of benzene rings is 1. The number of likely N-dealkylation sites (N-methyl/N-ethyl adjacent to an activating group) is 1. The lowest BCUT2D eigenvalue weighted by molar-refractivity contribution is -0.122. The van der Waals surface area contributed by atoms with Crippen molar-refractivity contribution in [3.05, 3.63) is 53.9 Å². The molecule has 2 aliphatic heterocycles. The highest BCUT2D eigenvalue weighted by Crippen LogP contribution is 2.35. The number of hydrogen-bond acceptors (Lipinski definition) is 7. The summed E-state index contributed by atoms with van der Waals surface area (Å²) >= 11 is 0. The van der Waals surface area contributed by atoms with Gasteiger partial charge in [0.2, 0.25) is 5.91 Å². The normalized spacial score (nSPS) is 21.5. The van der Waals surface area contributed by atoms with Gasteiger partial charge in [0, 0.05) is 57.1 Å². The molecule has 37 heavy (non-hydrogen) atoms. The number of aromatic nitrogens is 1. The second-order valence-electron chi connectivity index (χ2n) is 10.2. The molecule has 2 aromatic rings. The van der Waals surface area contributed by atoms with E-state index in [4.69, 9.17) is 9.47 Å². The van der Waals surface area contributed by atoms with Gasteiger partial charge in [0.05, 0.1) is 23.9 Å². The van der Waals surface area contributed by atoms with Gasteiger partial charge < -0.3 is 24.8 Å². The van der Waals surface area contributed by atoms with Gasteiger partial charge in [-0.1, -0.05) is 13.0 Å². The second kappa shape index (κ2) is 12.5. The van der Waals surface area contributed by atoms with Crippen LogP contribution in [0.25, 0.3) is 0 Å². The average Bonchev–Trinajstić information content (AvgIpc) is 2.91. The fraction of sp³-hybridized carbons (Fsp3) is 0.536. The van der Waals surface area contributed by atoms with Crippen LogP contribution in [0, 0.1) is 11.8 Å². The number of nitrogens with zero attached hydrogens (tertiary/aromatic N) is 3. The topological polar surface area (TPSA) is 104 Å². The number of aliphatic hydroxyl groups excluding tert-OH is 1. The van der Waals surface area contributed by atoms with E-state index >= 15 is 0 Å². The number of aliphatic hydroxyl groups is 1. The van der Waals surface area contributed by atoms with Crippen molar-refractivity contribution in [1.82, 2.24) is 14.8 Å². The molecule has 3 heterocycles. The van der Waals surface area contributed by atoms with Gasteiger partial charge in [-0.05, 0) is 56.6 Å². The Morgan fingerprint density at radius 1 is 1.24 bits per heavy atom. The van der Waals surface area contributed by atoms with Gasteiger partial charge in [-0.3, -0.25) is 19.5 Å². The number of para-hydroxylation sites is 1. The first-order valence-electron chi connectivity index (χ1n) is 13.0. The van der Waals surface area contributed by atoms with Crippen LogP contribution in [0.4, 0.5) is 5.69 Å². The quantitative estimate of drug-likeness (QED) is 0.563. The van der Waals surface area contributed by atoms with Gasteiger partial charge in [0.15, 0.2) is 5.75 Å². The zero-order chi connectivity index (χ0) is 26.4. The lowest BCUT2D eigenvalue weighted by Gasteiger charge is -2.38. The number of pyridine rings is 1. The molecule has 0 unspecified atom stereocenters. The van der Waals surface area contributed by atoms with E-state index < -0.39 is 0 Å². The molecule has 0 saturated carbocycles. The van der Waals surface area contributed by atoms with Crippen molar-refractivity contribution in [3.8, 4) is 5.75 Å². The third-order valence-corrected chi connectivity index (χ3v) is 7.23. The number of amides is 2. The predicted molar refractivity (Wildman–Crippen MR) is 140 cm³/mol. The Morgan fingerprint density at radius 2 is 1.97 bits per heavy atom. The molecule has 200 valence electrons. The smallest absolute Gasteiger partial charge is 0.258 e. The van der Waals surface area contributed by atoms with Crippen molar-refractivity contribution in [2.75, 3.05) is 45.3 Å². The number of fused-ring (bicyclic) bond motifs is 1. The Labute approximate surface area is 218 Å². The van der Waals surface area contributed by atoms with Gasteiger partial charge in [-0.15, -0.1) is 0 Å². The minimum Gasteiger partial charge on any atom is -0.486 e. The van der Waals surface area contributed by atoms with E-state index in [-0.39, 0.29) is 42.4 Å². The Hall–Kier alpha value is -3.01. The molecular weight excluding hydrogens is 472 g/mol. The highest BCUT2D eigenvalue weighted by atomic mass is 16.5. The zero-order valence-electron chi connectivity index (χ0n) is 21.9. The SMILES string of the molecule is C[C@@H]1CN([C@H](C)CO)C(=O)c2cccc(NC(=O)C3CCOCC3)c2O[C@@H]1CN(C)Cc1ccncc1. The number of anilines is 1. The highest BCUT2D eigenvalue weighted by molar-refractivity contribution is 6.02. The molecule has 2 amide bonds. The summed E-state index contributed by atoms with van der Waals surface area (Å²) in [5, 5.41) is 12.9. The largest absolute Gasteiger partial charge is 0.486 e. The van der Waals surface area contributed by atoms with Gasteiger partial charge in [-0.25, -0.2) is 0 Å². The number of rotatable bonds is 8. The van der Waals surface area contributed by atoms with Crippen LogP contribution in [0.15, 0.2) is 42.7 Å². The maximum Gasteiger partial charge on any atom is 0.258 e. The molecule has 4 rings (SSSR count). The first-order chi connectivity index (χ1) is 17.9. The number of carbonyl (C=O) groups is 2. The molecule has 1 saturated heterocycles. The Balaban J connectivity index is 1.63. The molecular formula is C28H38N4O5. The lowest BCUT2D eigenvalue weighted by Crippen LogP contribution is -2.49. The van der Waals surface area contributed by atoms with Gasteiger partial charge in [0.25, 0.3) is 5.91 Å². The molecule has 1 fully saturated rings. The van der Waals surface area contributed by atoms with Gasteiger partial charge >= 0.3 is 0 Å². The first-order valence-corrected chi connectivity index (χ1v) is 13.0. The van der Waals surface area contributed by atoms with Crippen LogP contribution in [0.5, 0.6) is 5.75 Å². The van der Waals surface area contributed by atoms with Crippen molar-refractivity contribution in [2.24, 2.45) is 11.8 Å². The van der Waals surface area contributed by atoms with Crippen LogP contribution in [0.2, 0.25) is 0 Å². The Kier molecular flexibility index (Phi) is 9.13. The Bertz CT molecular complexity index is 1060. The van der Waals surface area contributed by atoms with E-state index in [2.05, 4.69) is 22.1 Å². The van der Waals surface area contributed by atoms with Crippen LogP contribution in [0.1, 0.15) is 42.6 Å². The van der Waals surface area contributed by atoms with E-state index in [1.165, 1.54) is 0 Å². The van der Waals surface area contributed by atoms with E-state index in [0.29, 0.717) is 56.1 Å². The molecule has 3 atom stereocenters. The molecule has 9 heteroatoms. The summed E-state index contributed by atoms with van der Waals surface area (Å²) in [5.41, 5.74) is 2.03. The summed E-state index contributed by atoms with van der Waals surface area (Å²) in [4.78, 5) is 34.7. The average molecular weight is 511 g/mol. The molecule has 0 bridgehead atoms. The maximum atomic E-state index is 13.6. The first kappa shape index (κ1) is 27.0. The van der Waals surface area contributed by atoms with E-state index in [1.807, 2.05) is 26.1 Å². The molecule has 2 N–H and O–H groups in total. The minimum absolute atomic E-state index is 0.0229. The van der Waals surface area contributed by atoms with Gasteiger partial charge in [0.1, 0.15) is 6.10 Å². The third-order valence-electron chi connectivity index (χ3n) is 7.23. The Morgan fingerprint density at radius 3 is 2.68 bits per heavy atom. The second-order valence-corrected chi connectivity index (χ2v) is 10.2. The summed E-state index contributed by atoms with van der Waals surface area (Å²) < 4.78 is 12.0. The summed E-state index contributed by atoms with van der Waals surface area (Å²) in [7, 11) is 2.04. The van der Waals surface area contributed by atoms with Crippen LogP contribution in [0.3, 0.4) is 0 Å². The third kappa shape index (κ3) is 6.66. The number of ether oxygens (including phenoxy) is 2. The lowest BCUT2D eigenvalue weighted by atomic mass is 9.98. The summed E-state index contributed by atoms with van der Waals surface area (Å²) in [5.74, 6) is -0.0768. The summed E-state index contributed by atoms with van der Waals surface area (Å²) in [6.07, 6.45) is 4.64. The molecule has 2 aliphatic rings. The zero-order valence-corrected chi connectivity index (χ0v) is 21.9. The monoisotopic (exact) mass is 510 g/mol. The van der Waals surface area contributed by atoms with Crippen LogP contribution >= 0.6 is 0 Å². The number of nitrogens with one attached hydrogen (secondary N) is 1. The molecule has 9 nitrogen and oxygen atoms in total. The van der Waals surface area contributed by atoms with Crippen molar-refractivity contribution >= 4 is 17.5 Å². The summed E-state index contributed by atoms with van der Waals surface area (Å²) in [6.45, 7) is 6.68. The molecule has 0 aliphatic carbocycles. The fourth-order valence-corrected chi connectivity index (χ4v) is 4.93.